The molecule has 1 aromatic heterocycles. The van der Waals surface area contributed by atoms with E-state index in [-0.39, 0.29) is 23.4 Å². The molecule has 1 fully saturated rings. The molecule has 1 saturated heterocycles. The van der Waals surface area contributed by atoms with Crippen molar-refractivity contribution in [2.45, 2.75) is 32.9 Å². The summed E-state index contributed by atoms with van der Waals surface area (Å²) < 4.78 is 20.6. The second-order valence-electron chi connectivity index (χ2n) is 8.13. The number of pyridine rings is 1. The number of hydrogen-bond donors (Lipinski definition) is 1. The Morgan fingerprint density at radius 3 is 2.62 bits per heavy atom. The number of hydrogen-bond acceptors (Lipinski definition) is 5. The molecule has 0 unspecified atom stereocenters. The molecule has 7 heteroatoms. The Kier molecular flexibility index (Phi) is 6.72. The van der Waals surface area contributed by atoms with Crippen molar-refractivity contribution in [2.24, 2.45) is 0 Å². The van der Waals surface area contributed by atoms with Crippen LogP contribution in [-0.2, 0) is 16.1 Å². The minimum absolute atomic E-state index is 0.0387. The molecular weight excluding hydrogens is 435 g/mol. The highest BCUT2D eigenvalue weighted by atomic mass is 19.1. The zero-order chi connectivity index (χ0) is 24.2. The van der Waals surface area contributed by atoms with Gasteiger partial charge in [-0.3, -0.25) is 14.6 Å². The maximum absolute atomic E-state index is 14.9. The van der Waals surface area contributed by atoms with Gasteiger partial charge in [-0.1, -0.05) is 31.2 Å². The first kappa shape index (κ1) is 23.2. The van der Waals surface area contributed by atoms with Crippen molar-refractivity contribution in [2.75, 3.05) is 6.61 Å². The topological polar surface area (TPSA) is 79.7 Å². The Bertz CT molecular complexity index is 1260. The van der Waals surface area contributed by atoms with E-state index >= 15 is 0 Å². The fourth-order valence-corrected chi connectivity index (χ4v) is 4.11. The summed E-state index contributed by atoms with van der Waals surface area (Å²) in [7, 11) is 0. The van der Waals surface area contributed by atoms with Crippen molar-refractivity contribution in [1.29, 1.82) is 0 Å². The van der Waals surface area contributed by atoms with Crippen LogP contribution in [0.4, 0.5) is 4.39 Å². The van der Waals surface area contributed by atoms with Crippen molar-refractivity contribution in [3.05, 3.63) is 101 Å². The number of aliphatic hydroxyl groups excluding tert-OH is 1. The molecule has 0 saturated carbocycles. The standard InChI is InChI=1S/C27H25FN2O4/c1-3-13-34-19-10-11-20(17(2)14-19)25(31)23-24(21-8-4-5-9-22(21)28)30(27(33)26(23)32)16-18-7-6-12-29-15-18/h4-12,14-15,24,31H,3,13,16H2,1-2H3/t24-/m0/s1. The lowest BCUT2D eigenvalue weighted by Gasteiger charge is -2.25. The van der Waals surface area contributed by atoms with E-state index in [4.69, 9.17) is 4.74 Å². The van der Waals surface area contributed by atoms with Gasteiger partial charge in [0, 0.05) is 30.1 Å². The molecule has 34 heavy (non-hydrogen) atoms. The third-order valence-corrected chi connectivity index (χ3v) is 5.74. The van der Waals surface area contributed by atoms with Crippen LogP contribution in [0.1, 0.15) is 41.6 Å². The third kappa shape index (κ3) is 4.41. The number of rotatable bonds is 7. The van der Waals surface area contributed by atoms with Gasteiger partial charge in [-0.2, -0.15) is 0 Å². The van der Waals surface area contributed by atoms with Gasteiger partial charge in [-0.05, 0) is 54.8 Å². The van der Waals surface area contributed by atoms with Crippen molar-refractivity contribution in [3.8, 4) is 5.75 Å². The van der Waals surface area contributed by atoms with E-state index in [2.05, 4.69) is 4.98 Å². The van der Waals surface area contributed by atoms with E-state index in [9.17, 15) is 19.1 Å². The predicted octanol–water partition coefficient (Wildman–Crippen LogP) is 4.94. The second kappa shape index (κ2) is 9.87. The second-order valence-corrected chi connectivity index (χ2v) is 8.13. The van der Waals surface area contributed by atoms with Gasteiger partial charge in [0.2, 0.25) is 0 Å². The molecule has 1 amide bonds. The van der Waals surface area contributed by atoms with E-state index in [1.165, 1.54) is 23.1 Å². The normalized spacial score (nSPS) is 17.3. The number of ketones is 1. The van der Waals surface area contributed by atoms with Crippen molar-refractivity contribution in [1.82, 2.24) is 9.88 Å². The Hall–Kier alpha value is -4.00. The minimum atomic E-state index is -1.09. The summed E-state index contributed by atoms with van der Waals surface area (Å²) in [5.74, 6) is -1.95. The summed E-state index contributed by atoms with van der Waals surface area (Å²) >= 11 is 0. The molecule has 1 aliphatic heterocycles. The first-order valence-corrected chi connectivity index (χ1v) is 11.1. The average Bonchev–Trinajstić information content (AvgIpc) is 3.08. The summed E-state index contributed by atoms with van der Waals surface area (Å²) in [6.45, 7) is 4.37. The molecule has 0 aliphatic carbocycles. The average molecular weight is 461 g/mol. The molecule has 1 atom stereocenters. The molecule has 0 spiro atoms. The Labute approximate surface area is 197 Å². The zero-order valence-electron chi connectivity index (χ0n) is 19.0. The third-order valence-electron chi connectivity index (χ3n) is 5.74. The molecule has 3 aromatic rings. The minimum Gasteiger partial charge on any atom is -0.507 e. The van der Waals surface area contributed by atoms with Crippen LogP contribution < -0.4 is 4.74 Å². The predicted molar refractivity (Wildman–Crippen MR) is 125 cm³/mol. The van der Waals surface area contributed by atoms with Gasteiger partial charge in [0.05, 0.1) is 18.2 Å². The van der Waals surface area contributed by atoms with Gasteiger partial charge in [-0.15, -0.1) is 0 Å². The molecule has 2 aromatic carbocycles. The first-order chi connectivity index (χ1) is 16.4. The van der Waals surface area contributed by atoms with E-state index in [1.54, 1.807) is 55.7 Å². The molecular formula is C27H25FN2O4. The van der Waals surface area contributed by atoms with Crippen LogP contribution >= 0.6 is 0 Å². The molecule has 2 heterocycles. The van der Waals surface area contributed by atoms with Crippen LogP contribution in [0.5, 0.6) is 5.75 Å². The summed E-state index contributed by atoms with van der Waals surface area (Å²) in [4.78, 5) is 31.6. The van der Waals surface area contributed by atoms with Crippen LogP contribution in [0.15, 0.2) is 72.6 Å². The number of aliphatic hydroxyl groups is 1. The van der Waals surface area contributed by atoms with Crippen molar-refractivity contribution in [3.63, 3.8) is 0 Å². The number of benzene rings is 2. The fraction of sp³-hybridized carbons (Fsp3) is 0.222. The molecule has 174 valence electrons. The number of ether oxygens (including phenoxy) is 1. The number of aromatic nitrogens is 1. The lowest BCUT2D eigenvalue weighted by atomic mass is 9.93. The number of halogens is 1. The molecule has 0 bridgehead atoms. The lowest BCUT2D eigenvalue weighted by Crippen LogP contribution is -2.29. The number of carbonyl (C=O) groups is 2. The highest BCUT2D eigenvalue weighted by Gasteiger charge is 2.47. The van der Waals surface area contributed by atoms with Crippen molar-refractivity contribution < 1.29 is 23.8 Å². The van der Waals surface area contributed by atoms with Crippen LogP contribution in [0, 0.1) is 12.7 Å². The Morgan fingerprint density at radius 1 is 1.15 bits per heavy atom. The molecule has 0 radical (unpaired) electrons. The highest BCUT2D eigenvalue weighted by Crippen LogP contribution is 2.41. The van der Waals surface area contributed by atoms with E-state index in [0.717, 1.165) is 6.42 Å². The van der Waals surface area contributed by atoms with Crippen LogP contribution in [-0.4, -0.2) is 33.3 Å². The van der Waals surface area contributed by atoms with Gasteiger partial charge in [0.15, 0.2) is 0 Å². The highest BCUT2D eigenvalue weighted by molar-refractivity contribution is 6.46. The summed E-state index contributed by atoms with van der Waals surface area (Å²) in [5, 5.41) is 11.3. The first-order valence-electron chi connectivity index (χ1n) is 11.1. The molecule has 4 rings (SSSR count). The van der Waals surface area contributed by atoms with Crippen LogP contribution in [0.25, 0.3) is 5.76 Å². The zero-order valence-corrected chi connectivity index (χ0v) is 19.0. The molecule has 1 aliphatic rings. The van der Waals surface area contributed by atoms with E-state index < -0.39 is 23.5 Å². The van der Waals surface area contributed by atoms with Gasteiger partial charge in [0.1, 0.15) is 17.3 Å². The monoisotopic (exact) mass is 460 g/mol. The van der Waals surface area contributed by atoms with E-state index in [0.29, 0.717) is 29.0 Å². The number of carbonyl (C=O) groups excluding carboxylic acids is 2. The summed E-state index contributed by atoms with van der Waals surface area (Å²) in [6.07, 6.45) is 4.03. The Balaban J connectivity index is 1.84. The number of Topliss-reactive ketones (excluding diaryl/α,β-unsaturated/α-hetero) is 1. The van der Waals surface area contributed by atoms with Gasteiger partial charge >= 0.3 is 0 Å². The van der Waals surface area contributed by atoms with Gasteiger partial charge in [-0.25, -0.2) is 4.39 Å². The number of amides is 1. The number of nitrogens with zero attached hydrogens (tertiary/aromatic N) is 2. The smallest absolute Gasteiger partial charge is 0.295 e. The van der Waals surface area contributed by atoms with Crippen LogP contribution in [0.3, 0.4) is 0 Å². The maximum atomic E-state index is 14.9. The van der Waals surface area contributed by atoms with E-state index in [1.807, 2.05) is 6.92 Å². The number of likely N-dealkylation sites (tertiary alicyclic amines) is 1. The van der Waals surface area contributed by atoms with Crippen LogP contribution in [0.2, 0.25) is 0 Å². The largest absolute Gasteiger partial charge is 0.507 e. The SMILES string of the molecule is CCCOc1ccc(C(O)=C2C(=O)C(=O)N(Cc3cccnc3)[C@H]2c2ccccc2F)c(C)c1. The van der Waals surface area contributed by atoms with Crippen molar-refractivity contribution >= 4 is 17.4 Å². The summed E-state index contributed by atoms with van der Waals surface area (Å²) in [6, 6.07) is 13.4. The quantitative estimate of drug-likeness (QED) is 0.307. The lowest BCUT2D eigenvalue weighted by molar-refractivity contribution is -0.140. The fourth-order valence-electron chi connectivity index (χ4n) is 4.11. The number of aryl methyl sites for hydroxylation is 1. The van der Waals surface area contributed by atoms with Gasteiger partial charge < -0.3 is 14.7 Å². The Morgan fingerprint density at radius 2 is 1.94 bits per heavy atom. The maximum Gasteiger partial charge on any atom is 0.295 e. The van der Waals surface area contributed by atoms with Gasteiger partial charge in [0.25, 0.3) is 11.7 Å². The molecule has 6 nitrogen and oxygen atoms in total. The summed E-state index contributed by atoms with van der Waals surface area (Å²) in [5.41, 5.74) is 1.71. The molecule has 1 N–H and O–H groups in total.